The highest BCUT2D eigenvalue weighted by molar-refractivity contribution is 5.82. The van der Waals surface area contributed by atoms with Crippen LogP contribution >= 0.6 is 0 Å². The fourth-order valence-corrected chi connectivity index (χ4v) is 1.44. The minimum absolute atomic E-state index is 0.0132. The van der Waals surface area contributed by atoms with Crippen molar-refractivity contribution < 1.29 is 10.2 Å². The molecule has 0 atom stereocenters. The molecule has 2 N–H and O–H groups in total. The van der Waals surface area contributed by atoms with E-state index < -0.39 is 0 Å². The number of nitrogens with zero attached hydrogens (tertiary/aromatic N) is 2. The predicted molar refractivity (Wildman–Crippen MR) is 54.8 cm³/mol. The molecule has 5 heteroatoms. The zero-order valence-electron chi connectivity index (χ0n) is 7.92. The Morgan fingerprint density at radius 3 is 2.93 bits per heavy atom. The first-order valence-electron chi connectivity index (χ1n) is 4.52. The number of aliphatic hydroxyl groups is 1. The molecular weight excluding hydrogens is 196 g/mol. The average Bonchev–Trinajstić information content (AvgIpc) is 2.23. The molecule has 0 radical (unpaired) electrons. The van der Waals surface area contributed by atoms with E-state index in [4.69, 9.17) is 5.11 Å². The Bertz CT molecular complexity index is 548. The normalized spacial score (nSPS) is 10.7. The molecule has 2 rings (SSSR count). The van der Waals surface area contributed by atoms with Gasteiger partial charge in [-0.15, -0.1) is 0 Å². The van der Waals surface area contributed by atoms with E-state index in [1.54, 1.807) is 12.1 Å². The minimum atomic E-state index is -0.259. The molecule has 15 heavy (non-hydrogen) atoms. The van der Waals surface area contributed by atoms with Crippen molar-refractivity contribution in [1.29, 1.82) is 0 Å². The maximum Gasteiger partial charge on any atom is 0.261 e. The van der Waals surface area contributed by atoms with Gasteiger partial charge in [-0.3, -0.25) is 9.36 Å². The molecule has 0 aliphatic rings. The van der Waals surface area contributed by atoms with Crippen LogP contribution in [0.4, 0.5) is 0 Å². The molecule has 0 spiro atoms. The molecule has 0 bridgehead atoms. The predicted octanol–water partition coefficient (Wildman–Crippen LogP) is 0.0944. The van der Waals surface area contributed by atoms with Gasteiger partial charge < -0.3 is 10.2 Å². The van der Waals surface area contributed by atoms with Crippen molar-refractivity contribution in [3.8, 4) is 5.75 Å². The monoisotopic (exact) mass is 206 g/mol. The van der Waals surface area contributed by atoms with Gasteiger partial charge in [0.1, 0.15) is 11.3 Å². The van der Waals surface area contributed by atoms with Crippen LogP contribution in [0.1, 0.15) is 0 Å². The minimum Gasteiger partial charge on any atom is -0.506 e. The summed E-state index contributed by atoms with van der Waals surface area (Å²) in [6, 6.07) is 4.66. The molecule has 1 heterocycles. The van der Waals surface area contributed by atoms with Gasteiger partial charge in [-0.2, -0.15) is 0 Å². The van der Waals surface area contributed by atoms with E-state index in [9.17, 15) is 9.90 Å². The number of para-hydroxylation sites is 1. The summed E-state index contributed by atoms with van der Waals surface area (Å²) in [5.74, 6) is -0.0132. The van der Waals surface area contributed by atoms with Crippen molar-refractivity contribution in [2.75, 3.05) is 6.61 Å². The number of aromatic hydroxyl groups is 1. The van der Waals surface area contributed by atoms with E-state index in [1.807, 2.05) is 0 Å². The van der Waals surface area contributed by atoms with E-state index in [0.717, 1.165) is 0 Å². The van der Waals surface area contributed by atoms with Crippen LogP contribution in [0.25, 0.3) is 10.9 Å². The smallest absolute Gasteiger partial charge is 0.261 e. The summed E-state index contributed by atoms with van der Waals surface area (Å²) in [7, 11) is 0. The summed E-state index contributed by atoms with van der Waals surface area (Å²) in [5.41, 5.74) is 0.0293. The number of fused-ring (bicyclic) bond motifs is 1. The molecule has 1 aromatic carbocycles. The van der Waals surface area contributed by atoms with Crippen LogP contribution in [0.15, 0.2) is 29.3 Å². The Balaban J connectivity index is 2.75. The molecule has 0 fully saturated rings. The average molecular weight is 206 g/mol. The number of aliphatic hydroxyl groups excluding tert-OH is 1. The van der Waals surface area contributed by atoms with E-state index in [2.05, 4.69) is 4.98 Å². The number of benzene rings is 1. The molecule has 0 amide bonds. The summed E-state index contributed by atoms with van der Waals surface area (Å²) >= 11 is 0. The van der Waals surface area contributed by atoms with Crippen LogP contribution in [0, 0.1) is 0 Å². The van der Waals surface area contributed by atoms with Crippen LogP contribution in [-0.4, -0.2) is 26.4 Å². The second-order valence-electron chi connectivity index (χ2n) is 3.14. The maximum absolute atomic E-state index is 11.8. The van der Waals surface area contributed by atoms with Gasteiger partial charge >= 0.3 is 0 Å². The van der Waals surface area contributed by atoms with Gasteiger partial charge in [0.15, 0.2) is 0 Å². The molecule has 1 aromatic heterocycles. The highest BCUT2D eigenvalue weighted by atomic mass is 16.3. The Morgan fingerprint density at radius 2 is 2.20 bits per heavy atom. The summed E-state index contributed by atoms with van der Waals surface area (Å²) < 4.78 is 1.31. The van der Waals surface area contributed by atoms with Crippen molar-refractivity contribution in [2.24, 2.45) is 0 Å². The number of aromatic nitrogens is 2. The van der Waals surface area contributed by atoms with Crippen molar-refractivity contribution in [3.05, 3.63) is 34.9 Å². The Labute approximate surface area is 85.2 Å². The number of hydrogen-bond donors (Lipinski definition) is 2. The molecular formula is C10H10N2O3. The Kier molecular flexibility index (Phi) is 2.39. The third-order valence-electron chi connectivity index (χ3n) is 2.17. The standard InChI is InChI=1S/C10H10N2O3/c13-5-4-12-6-11-9-7(10(12)15)2-1-3-8(9)14/h1-3,6,13-14H,4-5H2. The highest BCUT2D eigenvalue weighted by Gasteiger charge is 2.06. The third kappa shape index (κ3) is 1.57. The highest BCUT2D eigenvalue weighted by Crippen LogP contribution is 2.18. The van der Waals surface area contributed by atoms with E-state index in [1.165, 1.54) is 17.0 Å². The van der Waals surface area contributed by atoms with Gasteiger partial charge in [0.2, 0.25) is 0 Å². The molecule has 5 nitrogen and oxygen atoms in total. The van der Waals surface area contributed by atoms with Gasteiger partial charge in [0.05, 0.1) is 24.9 Å². The second kappa shape index (κ2) is 3.70. The molecule has 78 valence electrons. The Hall–Kier alpha value is -1.88. The maximum atomic E-state index is 11.8. The summed E-state index contributed by atoms with van der Waals surface area (Å²) in [6.07, 6.45) is 1.32. The first-order valence-corrected chi connectivity index (χ1v) is 4.52. The lowest BCUT2D eigenvalue weighted by Crippen LogP contribution is -2.22. The largest absolute Gasteiger partial charge is 0.506 e. The summed E-state index contributed by atoms with van der Waals surface area (Å²) in [4.78, 5) is 15.7. The lowest BCUT2D eigenvalue weighted by Gasteiger charge is -2.04. The van der Waals surface area contributed by atoms with Gasteiger partial charge in [-0.05, 0) is 12.1 Å². The lowest BCUT2D eigenvalue weighted by molar-refractivity contribution is 0.274. The molecule has 0 saturated heterocycles. The topological polar surface area (TPSA) is 75.3 Å². The molecule has 0 aliphatic carbocycles. The van der Waals surface area contributed by atoms with Crippen molar-refractivity contribution in [2.45, 2.75) is 6.54 Å². The molecule has 0 saturated carbocycles. The van der Waals surface area contributed by atoms with Gasteiger partial charge in [0.25, 0.3) is 5.56 Å². The summed E-state index contributed by atoms with van der Waals surface area (Å²) in [5, 5.41) is 18.5. The number of hydrogen-bond acceptors (Lipinski definition) is 4. The van der Waals surface area contributed by atoms with Crippen LogP contribution in [0.5, 0.6) is 5.75 Å². The SMILES string of the molecule is O=c1c2cccc(O)c2ncn1CCO. The fourth-order valence-electron chi connectivity index (χ4n) is 1.44. The zero-order chi connectivity index (χ0) is 10.8. The second-order valence-corrected chi connectivity index (χ2v) is 3.14. The summed E-state index contributed by atoms with van der Waals surface area (Å²) in [6.45, 7) is 0.0866. The zero-order valence-corrected chi connectivity index (χ0v) is 7.92. The first kappa shape index (κ1) is 9.67. The van der Waals surface area contributed by atoms with Crippen molar-refractivity contribution in [3.63, 3.8) is 0 Å². The molecule has 0 aliphatic heterocycles. The van der Waals surface area contributed by atoms with Crippen LogP contribution in [0.2, 0.25) is 0 Å². The van der Waals surface area contributed by atoms with E-state index in [0.29, 0.717) is 5.39 Å². The Morgan fingerprint density at radius 1 is 1.40 bits per heavy atom. The van der Waals surface area contributed by atoms with E-state index >= 15 is 0 Å². The molecule has 0 unspecified atom stereocenters. The third-order valence-corrected chi connectivity index (χ3v) is 2.17. The number of phenols is 1. The number of rotatable bonds is 2. The fraction of sp³-hybridized carbons (Fsp3) is 0.200. The first-order chi connectivity index (χ1) is 7.24. The van der Waals surface area contributed by atoms with Crippen LogP contribution in [-0.2, 0) is 6.54 Å². The van der Waals surface area contributed by atoms with Crippen molar-refractivity contribution in [1.82, 2.24) is 9.55 Å². The van der Waals surface area contributed by atoms with Crippen LogP contribution in [0.3, 0.4) is 0 Å². The van der Waals surface area contributed by atoms with Crippen molar-refractivity contribution >= 4 is 10.9 Å². The van der Waals surface area contributed by atoms with Crippen LogP contribution < -0.4 is 5.56 Å². The number of phenolic OH excluding ortho intramolecular Hbond substituents is 1. The van der Waals surface area contributed by atoms with E-state index in [-0.39, 0.29) is 30.0 Å². The quantitative estimate of drug-likeness (QED) is 0.730. The molecule has 2 aromatic rings. The van der Waals surface area contributed by atoms with Gasteiger partial charge in [-0.1, -0.05) is 6.07 Å². The lowest BCUT2D eigenvalue weighted by atomic mass is 10.2. The van der Waals surface area contributed by atoms with Gasteiger partial charge in [0, 0.05) is 0 Å². The van der Waals surface area contributed by atoms with Gasteiger partial charge in [-0.25, -0.2) is 4.98 Å².